The first-order valence-corrected chi connectivity index (χ1v) is 9.31. The molecule has 4 rings (SSSR count). The zero-order valence-electron chi connectivity index (χ0n) is 16.0. The summed E-state index contributed by atoms with van der Waals surface area (Å²) in [7, 11) is 3.65. The minimum absolute atomic E-state index is 0.170. The van der Waals surface area contributed by atoms with Gasteiger partial charge in [0.2, 0.25) is 5.95 Å². The number of imidazole rings is 1. The molecule has 0 radical (unpaired) electrons. The summed E-state index contributed by atoms with van der Waals surface area (Å²) in [5, 5.41) is 10.8. The number of aromatic nitrogens is 4. The predicted molar refractivity (Wildman–Crippen MR) is 107 cm³/mol. The number of likely N-dealkylation sites (N-methyl/N-ethyl adjacent to an activating group) is 1. The van der Waals surface area contributed by atoms with Gasteiger partial charge in [-0.3, -0.25) is 14.3 Å². The Morgan fingerprint density at radius 2 is 1.79 bits per heavy atom. The maximum absolute atomic E-state index is 12.6. The van der Waals surface area contributed by atoms with Gasteiger partial charge in [0.1, 0.15) is 0 Å². The van der Waals surface area contributed by atoms with Gasteiger partial charge in [0.15, 0.2) is 11.2 Å². The molecular weight excluding hydrogens is 360 g/mol. The standard InChI is InChI=1S/C19H24N6O3/c1-22-8-10-24(11-9-22)18-20-16-15(17(27)21-19(28)23(16)2)25(18)12-14(26)13-6-4-3-5-7-13/h3-7,14,26H,8-12H2,1-2H3,(H,21,27,28)/t14-/m0/s1. The van der Waals surface area contributed by atoms with Crippen LogP contribution in [-0.4, -0.2) is 62.3 Å². The number of aryl methyl sites for hydroxylation is 1. The fourth-order valence-electron chi connectivity index (χ4n) is 3.60. The molecule has 2 aromatic heterocycles. The van der Waals surface area contributed by atoms with Crippen molar-refractivity contribution in [2.45, 2.75) is 12.6 Å². The summed E-state index contributed by atoms with van der Waals surface area (Å²) in [6, 6.07) is 9.31. The molecule has 28 heavy (non-hydrogen) atoms. The maximum atomic E-state index is 12.6. The predicted octanol–water partition coefficient (Wildman–Crippen LogP) is -0.0913. The monoisotopic (exact) mass is 384 g/mol. The number of hydrogen-bond donors (Lipinski definition) is 2. The SMILES string of the molecule is CN1CCN(c2nc3c(c(=O)[nH]c(=O)n3C)n2C[C@H](O)c2ccccc2)CC1. The molecule has 1 fully saturated rings. The van der Waals surface area contributed by atoms with Gasteiger partial charge in [-0.25, -0.2) is 4.79 Å². The van der Waals surface area contributed by atoms with Crippen LogP contribution in [0.4, 0.5) is 5.95 Å². The van der Waals surface area contributed by atoms with Crippen molar-refractivity contribution in [3.63, 3.8) is 0 Å². The van der Waals surface area contributed by atoms with E-state index >= 15 is 0 Å². The fourth-order valence-corrected chi connectivity index (χ4v) is 3.60. The van der Waals surface area contributed by atoms with Crippen LogP contribution in [0.1, 0.15) is 11.7 Å². The summed E-state index contributed by atoms with van der Waals surface area (Å²) in [5.41, 5.74) is 0.380. The van der Waals surface area contributed by atoms with Crippen molar-refractivity contribution in [1.82, 2.24) is 24.0 Å². The molecule has 2 N–H and O–H groups in total. The van der Waals surface area contributed by atoms with Crippen LogP contribution >= 0.6 is 0 Å². The third-order valence-electron chi connectivity index (χ3n) is 5.31. The number of aliphatic hydroxyl groups is 1. The molecule has 1 saturated heterocycles. The number of fused-ring (bicyclic) bond motifs is 1. The average molecular weight is 384 g/mol. The van der Waals surface area contributed by atoms with E-state index in [1.54, 1.807) is 11.6 Å². The van der Waals surface area contributed by atoms with Crippen molar-refractivity contribution in [3.8, 4) is 0 Å². The number of rotatable bonds is 4. The topological polar surface area (TPSA) is 99.4 Å². The summed E-state index contributed by atoms with van der Waals surface area (Å²) in [5.74, 6) is 0.602. The highest BCUT2D eigenvalue weighted by atomic mass is 16.3. The molecule has 0 spiro atoms. The van der Waals surface area contributed by atoms with Gasteiger partial charge in [-0.1, -0.05) is 30.3 Å². The Balaban J connectivity index is 1.84. The van der Waals surface area contributed by atoms with Crippen LogP contribution in [-0.2, 0) is 13.6 Å². The summed E-state index contributed by atoms with van der Waals surface area (Å²) in [6.45, 7) is 3.43. The summed E-state index contributed by atoms with van der Waals surface area (Å²) >= 11 is 0. The molecule has 0 saturated carbocycles. The Bertz CT molecular complexity index is 1090. The van der Waals surface area contributed by atoms with Crippen LogP contribution in [0.5, 0.6) is 0 Å². The zero-order valence-corrected chi connectivity index (χ0v) is 16.0. The van der Waals surface area contributed by atoms with Crippen molar-refractivity contribution >= 4 is 17.1 Å². The van der Waals surface area contributed by atoms with Crippen molar-refractivity contribution in [2.24, 2.45) is 7.05 Å². The molecule has 9 nitrogen and oxygen atoms in total. The Labute approximate surface area is 161 Å². The van der Waals surface area contributed by atoms with Gasteiger partial charge in [0.25, 0.3) is 5.56 Å². The van der Waals surface area contributed by atoms with E-state index in [1.165, 1.54) is 4.57 Å². The molecule has 1 aromatic carbocycles. The van der Waals surface area contributed by atoms with E-state index in [-0.39, 0.29) is 6.54 Å². The number of nitrogens with one attached hydrogen (secondary N) is 1. The van der Waals surface area contributed by atoms with Gasteiger partial charge in [-0.05, 0) is 12.6 Å². The molecule has 148 valence electrons. The van der Waals surface area contributed by atoms with Crippen LogP contribution in [0.3, 0.4) is 0 Å². The van der Waals surface area contributed by atoms with Gasteiger partial charge >= 0.3 is 5.69 Å². The molecule has 1 aliphatic rings. The van der Waals surface area contributed by atoms with Crippen LogP contribution in [0.2, 0.25) is 0 Å². The average Bonchev–Trinajstić information content (AvgIpc) is 3.07. The summed E-state index contributed by atoms with van der Waals surface area (Å²) in [6.07, 6.45) is -0.804. The molecule has 1 aliphatic heterocycles. The van der Waals surface area contributed by atoms with Crippen molar-refractivity contribution in [1.29, 1.82) is 0 Å². The molecule has 3 aromatic rings. The lowest BCUT2D eigenvalue weighted by atomic mass is 10.1. The number of hydrogen-bond acceptors (Lipinski definition) is 6. The number of anilines is 1. The van der Waals surface area contributed by atoms with Crippen LogP contribution in [0.15, 0.2) is 39.9 Å². The molecule has 0 aliphatic carbocycles. The second-order valence-corrected chi connectivity index (χ2v) is 7.23. The molecule has 0 bridgehead atoms. The van der Waals surface area contributed by atoms with Gasteiger partial charge < -0.3 is 19.5 Å². The second kappa shape index (κ2) is 7.25. The van der Waals surface area contributed by atoms with Crippen LogP contribution in [0, 0.1) is 0 Å². The van der Waals surface area contributed by atoms with E-state index in [4.69, 9.17) is 0 Å². The highest BCUT2D eigenvalue weighted by molar-refractivity contribution is 5.74. The van der Waals surface area contributed by atoms with E-state index in [1.807, 2.05) is 30.3 Å². The Morgan fingerprint density at radius 3 is 2.46 bits per heavy atom. The largest absolute Gasteiger partial charge is 0.387 e. The van der Waals surface area contributed by atoms with E-state index in [9.17, 15) is 14.7 Å². The smallest absolute Gasteiger partial charge is 0.329 e. The Kier molecular flexibility index (Phi) is 4.78. The van der Waals surface area contributed by atoms with Crippen LogP contribution < -0.4 is 16.1 Å². The number of nitrogens with zero attached hydrogens (tertiary/aromatic N) is 5. The van der Waals surface area contributed by atoms with Crippen molar-refractivity contribution in [3.05, 3.63) is 56.7 Å². The number of aliphatic hydroxyl groups excluding tert-OH is 1. The molecule has 3 heterocycles. The summed E-state index contributed by atoms with van der Waals surface area (Å²) < 4.78 is 3.07. The minimum Gasteiger partial charge on any atom is -0.387 e. The fraction of sp³-hybridized carbons (Fsp3) is 0.421. The lowest BCUT2D eigenvalue weighted by Gasteiger charge is -2.33. The van der Waals surface area contributed by atoms with E-state index in [0.29, 0.717) is 17.1 Å². The zero-order chi connectivity index (χ0) is 19.8. The quantitative estimate of drug-likeness (QED) is 0.652. The Hall–Kier alpha value is -2.91. The first-order chi connectivity index (χ1) is 13.5. The highest BCUT2D eigenvalue weighted by Crippen LogP contribution is 2.24. The second-order valence-electron chi connectivity index (χ2n) is 7.23. The third kappa shape index (κ3) is 3.23. The lowest BCUT2D eigenvalue weighted by Crippen LogP contribution is -2.45. The minimum atomic E-state index is -0.804. The summed E-state index contributed by atoms with van der Waals surface area (Å²) in [4.78, 5) is 35.9. The number of piperazine rings is 1. The molecule has 1 atom stereocenters. The maximum Gasteiger partial charge on any atom is 0.329 e. The van der Waals surface area contributed by atoms with Gasteiger partial charge in [-0.2, -0.15) is 4.98 Å². The molecule has 9 heteroatoms. The number of aromatic amines is 1. The van der Waals surface area contributed by atoms with Crippen LogP contribution in [0.25, 0.3) is 11.2 Å². The van der Waals surface area contributed by atoms with Gasteiger partial charge in [-0.15, -0.1) is 0 Å². The first-order valence-electron chi connectivity index (χ1n) is 9.31. The normalized spacial score (nSPS) is 16.6. The van der Waals surface area contributed by atoms with E-state index < -0.39 is 17.4 Å². The first kappa shape index (κ1) is 18.5. The number of H-pyrrole nitrogens is 1. The van der Waals surface area contributed by atoms with Crippen molar-refractivity contribution < 1.29 is 5.11 Å². The molecular formula is C19H24N6O3. The van der Waals surface area contributed by atoms with E-state index in [0.717, 1.165) is 31.7 Å². The Morgan fingerprint density at radius 1 is 1.11 bits per heavy atom. The van der Waals surface area contributed by atoms with Crippen molar-refractivity contribution in [2.75, 3.05) is 38.1 Å². The van der Waals surface area contributed by atoms with Gasteiger partial charge in [0.05, 0.1) is 12.6 Å². The third-order valence-corrected chi connectivity index (χ3v) is 5.31. The van der Waals surface area contributed by atoms with E-state index in [2.05, 4.69) is 26.8 Å². The molecule has 0 unspecified atom stereocenters. The number of benzene rings is 1. The highest BCUT2D eigenvalue weighted by Gasteiger charge is 2.25. The molecule has 0 amide bonds. The lowest BCUT2D eigenvalue weighted by molar-refractivity contribution is 0.158. The van der Waals surface area contributed by atoms with Gasteiger partial charge in [0, 0.05) is 33.2 Å².